The van der Waals surface area contributed by atoms with Crippen molar-refractivity contribution in [2.75, 3.05) is 13.6 Å². The van der Waals surface area contributed by atoms with Crippen molar-refractivity contribution >= 4 is 11.8 Å². The molecule has 3 rings (SSSR count). The average molecular weight is 327 g/mol. The first kappa shape index (κ1) is 16.2. The number of aryl methyl sites for hydroxylation is 2. The van der Waals surface area contributed by atoms with E-state index in [0.717, 1.165) is 16.8 Å². The molecule has 1 atom stereocenters. The average Bonchev–Trinajstić information content (AvgIpc) is 2.88. The normalized spacial score (nSPS) is 18.4. The second-order valence-electron chi connectivity index (χ2n) is 6.22. The minimum Gasteiger partial charge on any atom is -0.361 e. The molecule has 24 heavy (non-hydrogen) atoms. The maximum Gasteiger partial charge on any atom is 0.245 e. The number of rotatable bonds is 4. The molecule has 2 aromatic rings. The number of nitrogens with zero attached hydrogens (tertiary/aromatic N) is 3. The van der Waals surface area contributed by atoms with E-state index in [-0.39, 0.29) is 18.4 Å². The van der Waals surface area contributed by atoms with E-state index in [9.17, 15) is 9.59 Å². The van der Waals surface area contributed by atoms with E-state index in [0.29, 0.717) is 18.7 Å². The van der Waals surface area contributed by atoms with Crippen LogP contribution < -0.4 is 0 Å². The van der Waals surface area contributed by atoms with Gasteiger partial charge in [-0.2, -0.15) is 0 Å². The number of likely N-dealkylation sites (N-methyl/N-ethyl adjacent to an activating group) is 1. The van der Waals surface area contributed by atoms with Crippen LogP contribution in [0.3, 0.4) is 0 Å². The lowest BCUT2D eigenvalue weighted by Crippen LogP contribution is -2.59. The molecule has 1 fully saturated rings. The molecule has 6 heteroatoms. The Balaban J connectivity index is 1.90. The van der Waals surface area contributed by atoms with Gasteiger partial charge in [-0.3, -0.25) is 9.59 Å². The summed E-state index contributed by atoms with van der Waals surface area (Å²) in [6, 6.07) is 9.25. The van der Waals surface area contributed by atoms with E-state index in [1.54, 1.807) is 11.9 Å². The van der Waals surface area contributed by atoms with Crippen LogP contribution in [0.1, 0.15) is 22.6 Å². The van der Waals surface area contributed by atoms with Crippen molar-refractivity contribution in [2.45, 2.75) is 32.9 Å². The summed E-state index contributed by atoms with van der Waals surface area (Å²) in [5.74, 6) is 0.591. The van der Waals surface area contributed by atoms with Crippen molar-refractivity contribution in [3.8, 4) is 0 Å². The summed E-state index contributed by atoms with van der Waals surface area (Å²) < 4.78 is 5.19. The molecule has 2 amide bonds. The third-order valence-corrected chi connectivity index (χ3v) is 4.51. The minimum absolute atomic E-state index is 0.0368. The Morgan fingerprint density at radius 3 is 2.54 bits per heavy atom. The predicted molar refractivity (Wildman–Crippen MR) is 88.1 cm³/mol. The van der Waals surface area contributed by atoms with Crippen LogP contribution >= 0.6 is 0 Å². The van der Waals surface area contributed by atoms with Crippen molar-refractivity contribution < 1.29 is 14.1 Å². The van der Waals surface area contributed by atoms with Crippen molar-refractivity contribution in [2.24, 2.45) is 0 Å². The highest BCUT2D eigenvalue weighted by Gasteiger charge is 2.38. The maximum absolute atomic E-state index is 12.7. The zero-order valence-corrected chi connectivity index (χ0v) is 14.2. The first-order valence-electron chi connectivity index (χ1n) is 7.97. The SMILES string of the molecule is Cc1noc(C)c1CN1C(=O)CN(C)C(=O)[C@@H]1Cc1ccccc1. The highest BCUT2D eigenvalue weighted by molar-refractivity contribution is 5.94. The van der Waals surface area contributed by atoms with Gasteiger partial charge in [0.25, 0.3) is 0 Å². The fourth-order valence-corrected chi connectivity index (χ4v) is 3.06. The van der Waals surface area contributed by atoms with Gasteiger partial charge in [-0.25, -0.2) is 0 Å². The quantitative estimate of drug-likeness (QED) is 0.857. The van der Waals surface area contributed by atoms with Gasteiger partial charge in [-0.05, 0) is 19.4 Å². The smallest absolute Gasteiger partial charge is 0.245 e. The fraction of sp³-hybridized carbons (Fsp3) is 0.389. The maximum atomic E-state index is 12.7. The largest absolute Gasteiger partial charge is 0.361 e. The van der Waals surface area contributed by atoms with Crippen molar-refractivity contribution in [3.63, 3.8) is 0 Å². The van der Waals surface area contributed by atoms with E-state index in [1.807, 2.05) is 44.2 Å². The molecule has 2 heterocycles. The Kier molecular flexibility index (Phi) is 4.38. The van der Waals surface area contributed by atoms with Crippen molar-refractivity contribution in [3.05, 3.63) is 52.9 Å². The van der Waals surface area contributed by atoms with Crippen LogP contribution in [0.15, 0.2) is 34.9 Å². The van der Waals surface area contributed by atoms with Crippen molar-refractivity contribution in [1.82, 2.24) is 15.0 Å². The highest BCUT2D eigenvalue weighted by Crippen LogP contribution is 2.22. The molecular weight excluding hydrogens is 306 g/mol. The lowest BCUT2D eigenvalue weighted by atomic mass is 10.00. The van der Waals surface area contributed by atoms with Crippen molar-refractivity contribution in [1.29, 1.82) is 0 Å². The Labute approximate surface area is 141 Å². The fourth-order valence-electron chi connectivity index (χ4n) is 3.06. The van der Waals surface area contributed by atoms with Gasteiger partial charge in [0.2, 0.25) is 11.8 Å². The summed E-state index contributed by atoms with van der Waals surface area (Å²) in [5, 5.41) is 3.94. The van der Waals surface area contributed by atoms with Gasteiger partial charge in [0, 0.05) is 19.0 Å². The van der Waals surface area contributed by atoms with Gasteiger partial charge in [-0.1, -0.05) is 35.5 Å². The topological polar surface area (TPSA) is 66.7 Å². The van der Waals surface area contributed by atoms with E-state index < -0.39 is 6.04 Å². The third-order valence-electron chi connectivity index (χ3n) is 4.51. The lowest BCUT2D eigenvalue weighted by Gasteiger charge is -2.39. The molecule has 0 spiro atoms. The van der Waals surface area contributed by atoms with Crippen LogP contribution in [0.4, 0.5) is 0 Å². The summed E-state index contributed by atoms with van der Waals surface area (Å²) in [5.41, 5.74) is 2.66. The summed E-state index contributed by atoms with van der Waals surface area (Å²) >= 11 is 0. The van der Waals surface area contributed by atoms with E-state index in [2.05, 4.69) is 5.16 Å². The summed E-state index contributed by atoms with van der Waals surface area (Å²) in [6.07, 6.45) is 0.499. The zero-order chi connectivity index (χ0) is 17.3. The summed E-state index contributed by atoms with van der Waals surface area (Å²) in [4.78, 5) is 28.4. The second-order valence-corrected chi connectivity index (χ2v) is 6.22. The molecule has 0 saturated carbocycles. The van der Waals surface area contributed by atoms with Crippen LogP contribution in [0.2, 0.25) is 0 Å². The molecule has 1 aromatic heterocycles. The molecule has 0 unspecified atom stereocenters. The number of carbonyl (C=O) groups excluding carboxylic acids is 2. The first-order chi connectivity index (χ1) is 11.5. The number of carbonyl (C=O) groups is 2. The summed E-state index contributed by atoms with van der Waals surface area (Å²) in [6.45, 7) is 4.12. The van der Waals surface area contributed by atoms with Crippen LogP contribution in [0.5, 0.6) is 0 Å². The van der Waals surface area contributed by atoms with Crippen LogP contribution in [-0.4, -0.2) is 46.4 Å². The van der Waals surface area contributed by atoms with Gasteiger partial charge in [0.05, 0.1) is 18.8 Å². The molecule has 0 radical (unpaired) electrons. The number of hydrogen-bond acceptors (Lipinski definition) is 4. The number of amides is 2. The van der Waals surface area contributed by atoms with Gasteiger partial charge in [-0.15, -0.1) is 0 Å². The highest BCUT2D eigenvalue weighted by atomic mass is 16.5. The van der Waals surface area contributed by atoms with Gasteiger partial charge in [0.15, 0.2) is 0 Å². The van der Waals surface area contributed by atoms with Crippen LogP contribution in [0.25, 0.3) is 0 Å². The Bertz CT molecular complexity index is 735. The third kappa shape index (κ3) is 3.04. The molecule has 1 aliphatic rings. The number of benzene rings is 1. The molecule has 0 aliphatic carbocycles. The Morgan fingerprint density at radius 1 is 1.21 bits per heavy atom. The van der Waals surface area contributed by atoms with E-state index in [1.165, 1.54) is 4.90 Å². The van der Waals surface area contributed by atoms with Gasteiger partial charge >= 0.3 is 0 Å². The first-order valence-corrected chi connectivity index (χ1v) is 7.97. The van der Waals surface area contributed by atoms with E-state index >= 15 is 0 Å². The molecule has 1 aliphatic heterocycles. The Morgan fingerprint density at radius 2 is 1.92 bits per heavy atom. The van der Waals surface area contributed by atoms with E-state index in [4.69, 9.17) is 4.52 Å². The minimum atomic E-state index is -0.507. The number of aromatic nitrogens is 1. The summed E-state index contributed by atoms with van der Waals surface area (Å²) in [7, 11) is 1.67. The second kappa shape index (κ2) is 6.47. The molecule has 0 bridgehead atoms. The molecule has 126 valence electrons. The molecule has 0 N–H and O–H groups in total. The Hall–Kier alpha value is -2.63. The van der Waals surface area contributed by atoms with Gasteiger partial charge < -0.3 is 14.3 Å². The molecule has 1 saturated heterocycles. The number of hydrogen-bond donors (Lipinski definition) is 0. The zero-order valence-electron chi connectivity index (χ0n) is 14.2. The standard InChI is InChI=1S/C18H21N3O3/c1-12-15(13(2)24-19-12)10-21-16(9-14-7-5-4-6-8-14)18(23)20(3)11-17(21)22/h4-8,16H,9-11H2,1-3H3/t16-/m0/s1. The molecule has 1 aromatic carbocycles. The number of piperazine rings is 1. The predicted octanol–water partition coefficient (Wildman–Crippen LogP) is 1.70. The monoisotopic (exact) mass is 327 g/mol. The lowest BCUT2D eigenvalue weighted by molar-refractivity contribution is -0.155. The van der Waals surface area contributed by atoms with Gasteiger partial charge in [0.1, 0.15) is 11.8 Å². The van der Waals surface area contributed by atoms with Crippen LogP contribution in [-0.2, 0) is 22.6 Å². The molecule has 6 nitrogen and oxygen atoms in total. The molecular formula is C18H21N3O3. The van der Waals surface area contributed by atoms with Crippen LogP contribution in [0, 0.1) is 13.8 Å².